The molecular weight excluding hydrogens is 286 g/mol. The Balaban J connectivity index is 2.90. The molecule has 2 rings (SSSR count). The second-order valence-electron chi connectivity index (χ2n) is 3.86. The van der Waals surface area contributed by atoms with Crippen LogP contribution < -0.4 is 11.5 Å². The quantitative estimate of drug-likeness (QED) is 0.446. The predicted octanol–water partition coefficient (Wildman–Crippen LogP) is 2.92. The van der Waals surface area contributed by atoms with Crippen molar-refractivity contribution in [2.45, 2.75) is 4.90 Å². The largest absolute Gasteiger partial charge is 0.505 e. The van der Waals surface area contributed by atoms with Crippen molar-refractivity contribution in [3.05, 3.63) is 39.0 Å². The first kappa shape index (κ1) is 13.7. The molecule has 0 unspecified atom stereocenters. The Bertz CT molecular complexity index is 713. The van der Waals surface area contributed by atoms with Crippen molar-refractivity contribution in [1.29, 1.82) is 0 Å². The van der Waals surface area contributed by atoms with E-state index < -0.39 is 16.3 Å². The lowest BCUT2D eigenvalue weighted by molar-refractivity contribution is 0.483. The summed E-state index contributed by atoms with van der Waals surface area (Å²) >= 11 is 0. The summed E-state index contributed by atoms with van der Waals surface area (Å²) in [6.07, 6.45) is 0. The number of benzene rings is 2. The number of nitroso groups, excluding NO2 is 3. The van der Waals surface area contributed by atoms with E-state index in [1.807, 2.05) is 0 Å². The number of rotatable bonds is 4. The Kier molecular flexibility index (Phi) is 3.24. The van der Waals surface area contributed by atoms with Crippen LogP contribution >= 0.6 is 10.6 Å². The van der Waals surface area contributed by atoms with Gasteiger partial charge in [-0.2, -0.15) is 0 Å². The molecule has 0 atom stereocenters. The molecule has 20 heavy (non-hydrogen) atoms. The van der Waals surface area contributed by atoms with Gasteiger partial charge in [-0.3, -0.25) is 0 Å². The highest BCUT2D eigenvalue weighted by atomic mass is 32.3. The summed E-state index contributed by atoms with van der Waals surface area (Å²) < 4.78 is 7.23. The topological polar surface area (TPSA) is 161 Å². The van der Waals surface area contributed by atoms with Gasteiger partial charge in [0.2, 0.25) is 0 Å². The predicted molar refractivity (Wildman–Crippen MR) is 77.7 cm³/mol. The van der Waals surface area contributed by atoms with Gasteiger partial charge in [0.1, 0.15) is 5.75 Å². The van der Waals surface area contributed by atoms with Gasteiger partial charge in [-0.15, -0.1) is 14.7 Å². The van der Waals surface area contributed by atoms with Crippen LogP contribution in [0.25, 0.3) is 10.8 Å². The van der Waals surface area contributed by atoms with Crippen molar-refractivity contribution in [2.75, 3.05) is 11.5 Å². The highest BCUT2D eigenvalue weighted by Gasteiger charge is 2.35. The zero-order valence-corrected chi connectivity index (χ0v) is 10.7. The fraction of sp³-hybridized carbons (Fsp3) is 0. The Morgan fingerprint density at radius 3 is 2.15 bits per heavy atom. The maximum atomic E-state index is 10.8. The molecule has 10 heteroatoms. The highest BCUT2D eigenvalue weighted by molar-refractivity contribution is 8.30. The molecule has 9 nitrogen and oxygen atoms in total. The van der Waals surface area contributed by atoms with Crippen molar-refractivity contribution >= 4 is 32.7 Å². The smallest absolute Gasteiger partial charge is 0.199 e. The summed E-state index contributed by atoms with van der Waals surface area (Å²) in [5, 5.41) is 10.7. The third kappa shape index (κ3) is 1.82. The number of nitrogen functional groups attached to an aromatic ring is 2. The van der Waals surface area contributed by atoms with Gasteiger partial charge in [0.05, 0.1) is 10.6 Å². The lowest BCUT2D eigenvalue weighted by Crippen LogP contribution is -1.98. The summed E-state index contributed by atoms with van der Waals surface area (Å²) in [5.41, 5.74) is 11.3. The Morgan fingerprint density at radius 2 is 1.60 bits per heavy atom. The zero-order chi connectivity index (χ0) is 14.9. The molecule has 0 aromatic heterocycles. The van der Waals surface area contributed by atoms with Crippen LogP contribution in [0.1, 0.15) is 0 Å². The molecule has 0 amide bonds. The number of phenolic OH excluding ortho intramolecular Hbond substituents is 1. The van der Waals surface area contributed by atoms with Crippen LogP contribution in [0.2, 0.25) is 0 Å². The summed E-state index contributed by atoms with van der Waals surface area (Å²) in [4.78, 5) is 32.1. The molecule has 0 aliphatic rings. The van der Waals surface area contributed by atoms with Gasteiger partial charge in [-0.05, 0) is 29.7 Å². The third-order valence-corrected chi connectivity index (χ3v) is 4.30. The molecule has 0 radical (unpaired) electrons. The molecule has 0 heterocycles. The first-order valence-electron chi connectivity index (χ1n) is 5.17. The molecule has 0 aliphatic carbocycles. The molecule has 2 aromatic carbocycles. The van der Waals surface area contributed by atoms with Crippen molar-refractivity contribution in [3.63, 3.8) is 0 Å². The molecule has 104 valence electrons. The van der Waals surface area contributed by atoms with Gasteiger partial charge in [-0.1, -0.05) is 0 Å². The minimum absolute atomic E-state index is 0.312. The van der Waals surface area contributed by atoms with Gasteiger partial charge in [0.15, 0.2) is 10.6 Å². The molecule has 0 saturated heterocycles. The summed E-state index contributed by atoms with van der Waals surface area (Å²) in [6.45, 7) is 0. The molecule has 0 bridgehead atoms. The van der Waals surface area contributed by atoms with E-state index in [1.165, 1.54) is 24.3 Å². The number of nitrogens with zero attached hydrogens (tertiary/aromatic N) is 3. The van der Waals surface area contributed by atoms with E-state index in [1.54, 1.807) is 0 Å². The van der Waals surface area contributed by atoms with Crippen molar-refractivity contribution in [3.8, 4) is 5.75 Å². The average molecular weight is 295 g/mol. The fourth-order valence-corrected chi connectivity index (χ4v) is 2.78. The van der Waals surface area contributed by atoms with Gasteiger partial charge in [0, 0.05) is 24.8 Å². The number of fused-ring (bicyclic) bond motifs is 1. The van der Waals surface area contributed by atoms with E-state index in [4.69, 9.17) is 11.5 Å². The van der Waals surface area contributed by atoms with Gasteiger partial charge in [-0.25, -0.2) is 0 Å². The van der Waals surface area contributed by atoms with Gasteiger partial charge < -0.3 is 16.6 Å². The van der Waals surface area contributed by atoms with Crippen molar-refractivity contribution < 1.29 is 5.11 Å². The first-order chi connectivity index (χ1) is 9.49. The van der Waals surface area contributed by atoms with Crippen molar-refractivity contribution in [1.82, 2.24) is 0 Å². The van der Waals surface area contributed by atoms with E-state index in [2.05, 4.69) is 13.7 Å². The highest BCUT2D eigenvalue weighted by Crippen LogP contribution is 2.63. The standard InChI is InChI=1S/C10H9N5O4S/c11-6-1-2-7-5(3-6)4-8(9(12)10(7)16)20(13-17,14-18)15-19/h1-4,16H,11-12H2. The number of phenols is 1. The fourth-order valence-electron chi connectivity index (χ4n) is 1.78. The van der Waals surface area contributed by atoms with E-state index >= 15 is 0 Å². The van der Waals surface area contributed by atoms with E-state index in [-0.39, 0.29) is 10.6 Å². The lowest BCUT2D eigenvalue weighted by atomic mass is 10.1. The summed E-state index contributed by atoms with van der Waals surface area (Å²) in [7, 11) is -3.76. The molecular formula is C10H9N5O4S. The first-order valence-corrected chi connectivity index (χ1v) is 6.67. The second kappa shape index (κ2) is 4.74. The normalized spacial score (nSPS) is 12.0. The van der Waals surface area contributed by atoms with Crippen LogP contribution in [0, 0.1) is 14.7 Å². The van der Waals surface area contributed by atoms with Crippen LogP contribution in [0.3, 0.4) is 0 Å². The lowest BCUT2D eigenvalue weighted by Gasteiger charge is -2.18. The maximum absolute atomic E-state index is 10.8. The van der Waals surface area contributed by atoms with E-state index in [0.29, 0.717) is 16.5 Å². The number of anilines is 2. The molecule has 0 saturated carbocycles. The van der Waals surface area contributed by atoms with Crippen LogP contribution in [0.4, 0.5) is 11.4 Å². The minimum atomic E-state index is -3.76. The van der Waals surface area contributed by atoms with E-state index in [9.17, 15) is 19.8 Å². The van der Waals surface area contributed by atoms with Crippen molar-refractivity contribution in [2.24, 2.45) is 13.7 Å². The molecule has 5 N–H and O–H groups in total. The SMILES string of the molecule is Nc1ccc2c(O)c(N)c(S(N=O)(N=O)N=O)cc2c1. The summed E-state index contributed by atoms with van der Waals surface area (Å²) in [6, 6.07) is 5.77. The van der Waals surface area contributed by atoms with Crippen LogP contribution in [0.15, 0.2) is 42.9 Å². The van der Waals surface area contributed by atoms with E-state index in [0.717, 1.165) is 0 Å². The Morgan fingerprint density at radius 1 is 1.00 bits per heavy atom. The third-order valence-electron chi connectivity index (χ3n) is 2.74. The Labute approximate surface area is 113 Å². The van der Waals surface area contributed by atoms with Crippen LogP contribution in [0.5, 0.6) is 5.75 Å². The second-order valence-corrected chi connectivity index (χ2v) is 5.78. The molecule has 2 aromatic rings. The number of nitrogens with two attached hydrogens (primary N) is 2. The summed E-state index contributed by atoms with van der Waals surface area (Å²) in [5.74, 6) is -0.398. The van der Waals surface area contributed by atoms with Gasteiger partial charge >= 0.3 is 0 Å². The number of hydrogen-bond donors (Lipinski definition) is 3. The Hall–Kier alpha value is -2.75. The molecule has 0 fully saturated rings. The number of hydrogen-bond acceptors (Lipinski definition) is 9. The molecule has 0 spiro atoms. The van der Waals surface area contributed by atoms with Crippen LogP contribution in [-0.2, 0) is 0 Å². The number of aromatic hydroxyl groups is 1. The maximum Gasteiger partial charge on any atom is 0.199 e. The van der Waals surface area contributed by atoms with Crippen LogP contribution in [-0.4, -0.2) is 5.11 Å². The zero-order valence-electron chi connectivity index (χ0n) is 9.89. The van der Waals surface area contributed by atoms with Gasteiger partial charge in [0.25, 0.3) is 0 Å². The monoisotopic (exact) mass is 295 g/mol. The minimum Gasteiger partial charge on any atom is -0.505 e. The molecule has 0 aliphatic heterocycles. The average Bonchev–Trinajstić information content (AvgIpc) is 2.46.